The highest BCUT2D eigenvalue weighted by Gasteiger charge is 2.69. The molecule has 0 spiro atoms. The molecule has 2 aliphatic carbocycles. The Bertz CT molecular complexity index is 1740. The fraction of sp³-hybridized carbons (Fsp3) is 0.379. The predicted octanol–water partition coefficient (Wildman–Crippen LogP) is 4.53. The van der Waals surface area contributed by atoms with Gasteiger partial charge in [0.2, 0.25) is 11.8 Å². The van der Waals surface area contributed by atoms with Gasteiger partial charge >= 0.3 is 10.8 Å². The molecule has 7 rings (SSSR count). The Labute approximate surface area is 257 Å². The average molecular weight is 642 g/mol. The van der Waals surface area contributed by atoms with E-state index in [2.05, 4.69) is 4.98 Å². The number of fused-ring (bicyclic) bond motifs is 9. The maximum Gasteiger partial charge on any atom is 0.305 e. The van der Waals surface area contributed by atoms with E-state index in [-0.39, 0.29) is 65.0 Å². The number of carboxylic acids is 1. The summed E-state index contributed by atoms with van der Waals surface area (Å²) in [5, 5.41) is 22.2. The Balaban J connectivity index is 1.30. The molecule has 2 bridgehead atoms. The normalized spacial score (nSPS) is 28.5. The number of thioether (sulfide) groups is 1. The number of hydrogen-bond donors (Lipinski definition) is 2. The van der Waals surface area contributed by atoms with Gasteiger partial charge in [-0.15, -0.1) is 11.8 Å². The van der Waals surface area contributed by atoms with E-state index in [0.29, 0.717) is 27.8 Å². The molecule has 11 nitrogen and oxygen atoms in total. The minimum absolute atomic E-state index is 0.124. The number of aromatic amines is 1. The number of nitro benzene ring substituents is 1. The van der Waals surface area contributed by atoms with Crippen molar-refractivity contribution in [1.82, 2.24) is 9.88 Å². The first-order valence-corrected chi connectivity index (χ1v) is 15.8. The van der Waals surface area contributed by atoms with Gasteiger partial charge in [-0.3, -0.25) is 34.2 Å². The van der Waals surface area contributed by atoms with Crippen LogP contribution < -0.4 is 9.61 Å². The maximum absolute atomic E-state index is 13.6. The van der Waals surface area contributed by atoms with Crippen LogP contribution in [-0.4, -0.2) is 49.5 Å². The number of carbonyl (C=O) groups excluding carboxylic acids is 2. The van der Waals surface area contributed by atoms with Gasteiger partial charge in [0, 0.05) is 45.3 Å². The van der Waals surface area contributed by atoms with Gasteiger partial charge in [0.05, 0.1) is 28.2 Å². The zero-order valence-electron chi connectivity index (χ0n) is 22.3. The second kappa shape index (κ2) is 10.5. The van der Waals surface area contributed by atoms with Crippen LogP contribution in [0.5, 0.6) is 5.75 Å². The Morgan fingerprint density at radius 3 is 2.53 bits per heavy atom. The lowest BCUT2D eigenvalue weighted by atomic mass is 9.68. The van der Waals surface area contributed by atoms with Crippen LogP contribution >= 0.6 is 34.7 Å². The number of nitro groups is 1. The first kappa shape index (κ1) is 28.1. The third-order valence-electron chi connectivity index (χ3n) is 9.21. The van der Waals surface area contributed by atoms with Crippen LogP contribution in [0.25, 0.3) is 0 Å². The van der Waals surface area contributed by atoms with E-state index in [9.17, 15) is 29.3 Å². The molecule has 2 saturated carbocycles. The lowest BCUT2D eigenvalue weighted by Crippen LogP contribution is -2.42. The third-order valence-corrected chi connectivity index (χ3v) is 12.1. The number of H-pyrrole nitrogens is 1. The Kier molecular flexibility index (Phi) is 6.86. The minimum atomic E-state index is -1.09. The summed E-state index contributed by atoms with van der Waals surface area (Å²) in [6.45, 7) is 0.00954. The summed E-state index contributed by atoms with van der Waals surface area (Å²) < 4.78 is 6.26. The van der Waals surface area contributed by atoms with Crippen LogP contribution in [-0.2, 0) is 21.0 Å². The minimum Gasteiger partial charge on any atom is -0.489 e. The molecule has 3 fully saturated rings. The number of carboxylic acid groups (broad SMARTS) is 1. The monoisotopic (exact) mass is 641 g/mol. The largest absolute Gasteiger partial charge is 0.489 e. The van der Waals surface area contributed by atoms with E-state index in [1.54, 1.807) is 18.2 Å². The zero-order chi connectivity index (χ0) is 30.2. The molecule has 1 aromatic heterocycles. The van der Waals surface area contributed by atoms with Crippen molar-refractivity contribution < 1.29 is 29.2 Å². The third kappa shape index (κ3) is 4.56. The number of likely N-dealkylation sites (tertiary alicyclic amines) is 1. The van der Waals surface area contributed by atoms with E-state index < -0.39 is 28.6 Å². The molecule has 7 atom stereocenters. The van der Waals surface area contributed by atoms with Crippen molar-refractivity contribution in [1.29, 1.82) is 0 Å². The molecule has 0 radical (unpaired) electrons. The fourth-order valence-electron chi connectivity index (χ4n) is 7.62. The van der Waals surface area contributed by atoms with Crippen LogP contribution in [0.1, 0.15) is 34.8 Å². The van der Waals surface area contributed by atoms with E-state index in [1.807, 2.05) is 12.1 Å². The van der Waals surface area contributed by atoms with Gasteiger partial charge in [0.15, 0.2) is 0 Å². The van der Waals surface area contributed by atoms with Crippen molar-refractivity contribution in [2.24, 2.45) is 29.6 Å². The molecule has 43 heavy (non-hydrogen) atoms. The molecule has 14 heteroatoms. The first-order valence-electron chi connectivity index (χ1n) is 13.7. The molecule has 2 aliphatic heterocycles. The van der Waals surface area contributed by atoms with Crippen LogP contribution in [0, 0.1) is 39.7 Å². The molecule has 3 heterocycles. The fourth-order valence-corrected chi connectivity index (χ4v) is 10.6. The van der Waals surface area contributed by atoms with E-state index in [4.69, 9.17) is 21.4 Å². The highest BCUT2D eigenvalue weighted by atomic mass is 35.5. The summed E-state index contributed by atoms with van der Waals surface area (Å²) in [6, 6.07) is 11.6. The number of amides is 2. The molecule has 2 aromatic carbocycles. The van der Waals surface area contributed by atoms with Gasteiger partial charge in [0.25, 0.3) is 5.69 Å². The van der Waals surface area contributed by atoms with Gasteiger partial charge in [-0.25, -0.2) is 0 Å². The number of benzene rings is 2. The van der Waals surface area contributed by atoms with Crippen molar-refractivity contribution in [3.05, 3.63) is 83.3 Å². The van der Waals surface area contributed by atoms with Gasteiger partial charge < -0.3 is 14.8 Å². The highest BCUT2D eigenvalue weighted by Crippen LogP contribution is 2.69. The van der Waals surface area contributed by atoms with Crippen molar-refractivity contribution in [3.63, 3.8) is 0 Å². The number of carbonyl (C=O) groups is 3. The Morgan fingerprint density at radius 2 is 1.84 bits per heavy atom. The quantitative estimate of drug-likeness (QED) is 0.205. The molecular weight excluding hydrogens is 618 g/mol. The molecular formula is C29H24ClN3O8S2. The first-order chi connectivity index (χ1) is 20.6. The summed E-state index contributed by atoms with van der Waals surface area (Å²) >= 11 is 8.57. The predicted molar refractivity (Wildman–Crippen MR) is 156 cm³/mol. The number of nitrogens with one attached hydrogen (secondary N) is 1. The number of ether oxygens (including phenoxy) is 1. The molecule has 6 unspecified atom stereocenters. The number of imide groups is 1. The van der Waals surface area contributed by atoms with Crippen LogP contribution in [0.4, 0.5) is 5.69 Å². The summed E-state index contributed by atoms with van der Waals surface area (Å²) in [4.78, 5) is 66.8. The second-order valence-electron chi connectivity index (χ2n) is 11.3. The van der Waals surface area contributed by atoms with Crippen LogP contribution in [0.2, 0.25) is 5.02 Å². The number of hydrogen-bond acceptors (Lipinski definition) is 9. The lowest BCUT2D eigenvalue weighted by molar-refractivity contribution is -0.385. The molecule has 222 valence electrons. The topological polar surface area (TPSA) is 160 Å². The van der Waals surface area contributed by atoms with Gasteiger partial charge in [-0.2, -0.15) is 0 Å². The van der Waals surface area contributed by atoms with Gasteiger partial charge in [0.1, 0.15) is 12.4 Å². The second-order valence-corrected chi connectivity index (χ2v) is 14.0. The number of nitrogens with zero attached hydrogens (tertiary/aromatic N) is 2. The maximum atomic E-state index is 13.6. The van der Waals surface area contributed by atoms with E-state index in [0.717, 1.165) is 26.7 Å². The molecule has 4 aliphatic rings. The summed E-state index contributed by atoms with van der Waals surface area (Å²) in [6.07, 6.45) is 0.310. The molecule has 2 amide bonds. The number of thiazole rings is 1. The summed E-state index contributed by atoms with van der Waals surface area (Å²) in [7, 11) is 0. The van der Waals surface area contributed by atoms with Crippen LogP contribution in [0.15, 0.2) is 52.3 Å². The smallest absolute Gasteiger partial charge is 0.305 e. The zero-order valence-corrected chi connectivity index (χ0v) is 24.7. The number of halogens is 1. The molecule has 3 aromatic rings. The van der Waals surface area contributed by atoms with Gasteiger partial charge in [-0.05, 0) is 47.9 Å². The van der Waals surface area contributed by atoms with E-state index >= 15 is 0 Å². The van der Waals surface area contributed by atoms with Crippen molar-refractivity contribution in [2.75, 3.05) is 6.54 Å². The van der Waals surface area contributed by atoms with Crippen molar-refractivity contribution >= 4 is 58.2 Å². The van der Waals surface area contributed by atoms with Crippen LogP contribution in [0.3, 0.4) is 0 Å². The van der Waals surface area contributed by atoms with Crippen molar-refractivity contribution in [2.45, 2.75) is 35.6 Å². The summed E-state index contributed by atoms with van der Waals surface area (Å²) in [5.74, 6) is -3.55. The lowest BCUT2D eigenvalue weighted by Gasteiger charge is -2.43. The Hall–Kier alpha value is -3.68. The number of aromatic nitrogens is 1. The van der Waals surface area contributed by atoms with Gasteiger partial charge in [-0.1, -0.05) is 35.1 Å². The standard InChI is InChI=1S/C29H24ClN3O8S2/c30-13-3-1-12(2-4-13)11-41-18-6-5-14(33(39)40)9-15(18)20-21-16-10-17(24(21)42-26-25(20)43-29(38)31-26)23-22(16)27(36)32(28(23)37)8-7-19(34)35/h1-6,9,16-17,20-24H,7-8,10-11H2,(H,31,38)(H,34,35)/t16?,17?,20-,21?,22?,23?,24?/m1/s1. The molecule has 2 N–H and O–H groups in total. The highest BCUT2D eigenvalue weighted by molar-refractivity contribution is 8.00. The van der Waals surface area contributed by atoms with Crippen molar-refractivity contribution in [3.8, 4) is 5.75 Å². The summed E-state index contributed by atoms with van der Waals surface area (Å²) in [5.41, 5.74) is 1.27. The number of rotatable bonds is 8. The Morgan fingerprint density at radius 1 is 1.12 bits per heavy atom. The number of non-ortho nitro benzene ring substituents is 1. The average Bonchev–Trinajstić information content (AvgIpc) is 3.70. The number of aliphatic carboxylic acids is 1. The molecule has 1 saturated heterocycles. The van der Waals surface area contributed by atoms with E-state index in [1.165, 1.54) is 23.9 Å². The SMILES string of the molecule is O=C(O)CCN1C(=O)C2C3CC(C2C1=O)C1C3Sc2[nH]c(=O)sc2[C@@H]1c1cc([N+](=O)[O-])ccc1OCc1ccc(Cl)cc1.